The Balaban J connectivity index is 1.23. The fraction of sp³-hybridized carbons (Fsp3) is 0.0435. The second-order valence-electron chi connectivity index (χ2n) is 7.02. The van der Waals surface area contributed by atoms with Gasteiger partial charge in [0.1, 0.15) is 24.3 Å². The summed E-state index contributed by atoms with van der Waals surface area (Å²) in [5, 5.41) is 7.26. The predicted molar refractivity (Wildman–Crippen MR) is 120 cm³/mol. The summed E-state index contributed by atoms with van der Waals surface area (Å²) < 4.78 is 1.80. The molecule has 5 rings (SSSR count). The molecule has 0 saturated carbocycles. The highest BCUT2D eigenvalue weighted by Gasteiger charge is 2.09. The Morgan fingerprint density at radius 3 is 2.71 bits per heavy atom. The second-order valence-corrected chi connectivity index (χ2v) is 7.02. The first-order valence-corrected chi connectivity index (χ1v) is 9.77. The van der Waals surface area contributed by atoms with Crippen molar-refractivity contribution in [1.29, 1.82) is 0 Å². The molecule has 3 heterocycles. The number of nitrogens with zero attached hydrogens (tertiary/aromatic N) is 4. The van der Waals surface area contributed by atoms with Gasteiger partial charge in [0.15, 0.2) is 0 Å². The first kappa shape index (κ1) is 18.6. The fourth-order valence-electron chi connectivity index (χ4n) is 3.39. The number of H-pyrrole nitrogens is 1. The topological polar surface area (TPSA) is 101 Å². The maximum Gasteiger partial charge on any atom is 0.228 e. The molecule has 0 aliphatic heterocycles. The van der Waals surface area contributed by atoms with Gasteiger partial charge in [-0.15, -0.1) is 0 Å². The molecule has 3 N–H and O–H groups in total. The van der Waals surface area contributed by atoms with E-state index in [1.807, 2.05) is 67.0 Å². The number of amides is 1. The van der Waals surface area contributed by atoms with Crippen LogP contribution in [0.25, 0.3) is 16.7 Å². The summed E-state index contributed by atoms with van der Waals surface area (Å²) in [6.07, 6.45) is 8.89. The molecule has 0 aliphatic carbocycles. The number of hydrogen-bond acceptors (Lipinski definition) is 5. The highest BCUT2D eigenvalue weighted by atomic mass is 16.1. The largest absolute Gasteiger partial charge is 0.361 e. The van der Waals surface area contributed by atoms with Crippen LogP contribution in [0.4, 0.5) is 17.2 Å². The van der Waals surface area contributed by atoms with Crippen molar-refractivity contribution in [1.82, 2.24) is 24.5 Å². The molecular weight excluding hydrogens is 390 g/mol. The number of rotatable bonds is 6. The van der Waals surface area contributed by atoms with Gasteiger partial charge in [-0.25, -0.2) is 15.0 Å². The van der Waals surface area contributed by atoms with Gasteiger partial charge in [-0.2, -0.15) is 0 Å². The number of hydrogen-bond donors (Lipinski definition) is 3. The minimum absolute atomic E-state index is 0.0637. The van der Waals surface area contributed by atoms with Gasteiger partial charge in [0, 0.05) is 46.9 Å². The summed E-state index contributed by atoms with van der Waals surface area (Å²) in [5.74, 6) is 1.32. The van der Waals surface area contributed by atoms with Crippen LogP contribution in [0.2, 0.25) is 0 Å². The normalized spacial score (nSPS) is 10.8. The molecule has 1 amide bonds. The van der Waals surface area contributed by atoms with Crippen LogP contribution in [0.15, 0.2) is 85.8 Å². The number of nitrogens with one attached hydrogen (secondary N) is 3. The minimum atomic E-state index is -0.0637. The Labute approximate surface area is 178 Å². The van der Waals surface area contributed by atoms with E-state index in [1.165, 1.54) is 6.33 Å². The van der Waals surface area contributed by atoms with Gasteiger partial charge in [-0.05, 0) is 35.9 Å². The monoisotopic (exact) mass is 409 g/mol. The molecule has 31 heavy (non-hydrogen) atoms. The molecule has 0 spiro atoms. The van der Waals surface area contributed by atoms with Crippen LogP contribution in [0, 0.1) is 0 Å². The number of aromatic nitrogens is 5. The summed E-state index contributed by atoms with van der Waals surface area (Å²) in [5.41, 5.74) is 3.59. The average Bonchev–Trinajstić information content (AvgIpc) is 3.46. The molecule has 8 heteroatoms. The van der Waals surface area contributed by atoms with Crippen LogP contribution < -0.4 is 10.6 Å². The lowest BCUT2D eigenvalue weighted by molar-refractivity contribution is -0.115. The lowest BCUT2D eigenvalue weighted by Gasteiger charge is -2.09. The van der Waals surface area contributed by atoms with Crippen LogP contribution in [0.3, 0.4) is 0 Å². The maximum atomic E-state index is 12.5. The van der Waals surface area contributed by atoms with E-state index in [9.17, 15) is 4.79 Å². The predicted octanol–water partition coefficient (Wildman–Crippen LogP) is 4.07. The zero-order valence-corrected chi connectivity index (χ0v) is 16.5. The second kappa shape index (κ2) is 8.11. The molecule has 2 aromatic carbocycles. The highest BCUT2D eigenvalue weighted by Crippen LogP contribution is 2.21. The molecule has 0 bridgehead atoms. The van der Waals surface area contributed by atoms with Crippen LogP contribution >= 0.6 is 0 Å². The van der Waals surface area contributed by atoms with Crippen molar-refractivity contribution in [2.75, 3.05) is 10.6 Å². The number of fused-ring (bicyclic) bond motifs is 1. The molecule has 0 fully saturated rings. The van der Waals surface area contributed by atoms with Crippen LogP contribution in [-0.2, 0) is 11.2 Å². The van der Waals surface area contributed by atoms with Gasteiger partial charge in [-0.1, -0.05) is 18.2 Å². The van der Waals surface area contributed by atoms with E-state index >= 15 is 0 Å². The zero-order chi connectivity index (χ0) is 21.0. The third-order valence-corrected chi connectivity index (χ3v) is 4.89. The van der Waals surface area contributed by atoms with E-state index < -0.39 is 0 Å². The van der Waals surface area contributed by atoms with E-state index in [-0.39, 0.29) is 5.91 Å². The molecule has 0 radical (unpaired) electrons. The number of benzene rings is 2. The SMILES string of the molecule is O=C(Cc1c[nH]c2ccccc12)Nc1ccc(Nc2cc(-n3ccnc3)ncn2)cc1. The van der Waals surface area contributed by atoms with Gasteiger partial charge >= 0.3 is 0 Å². The Morgan fingerprint density at radius 1 is 1.03 bits per heavy atom. The molecular formula is C23H19N7O. The third kappa shape index (κ3) is 4.13. The van der Waals surface area contributed by atoms with E-state index in [0.717, 1.165) is 33.7 Å². The summed E-state index contributed by atoms with van der Waals surface area (Å²) >= 11 is 0. The van der Waals surface area contributed by atoms with E-state index in [4.69, 9.17) is 0 Å². The average molecular weight is 409 g/mol. The molecule has 0 saturated heterocycles. The number of imidazole rings is 1. The number of carbonyl (C=O) groups excluding carboxylic acids is 1. The Kier molecular flexibility index (Phi) is 4.86. The van der Waals surface area contributed by atoms with Crippen molar-refractivity contribution in [2.24, 2.45) is 0 Å². The van der Waals surface area contributed by atoms with E-state index in [2.05, 4.69) is 30.6 Å². The van der Waals surface area contributed by atoms with Crippen molar-refractivity contribution < 1.29 is 4.79 Å². The number of carbonyl (C=O) groups is 1. The van der Waals surface area contributed by atoms with Crippen molar-refractivity contribution in [3.8, 4) is 5.82 Å². The molecule has 3 aromatic heterocycles. The Morgan fingerprint density at radius 2 is 1.87 bits per heavy atom. The first-order chi connectivity index (χ1) is 15.2. The van der Waals surface area contributed by atoms with E-state index in [1.54, 1.807) is 17.1 Å². The Hall–Kier alpha value is -4.46. The zero-order valence-electron chi connectivity index (χ0n) is 16.5. The number of anilines is 3. The minimum Gasteiger partial charge on any atom is -0.361 e. The number of para-hydroxylation sites is 1. The molecule has 152 valence electrons. The smallest absolute Gasteiger partial charge is 0.228 e. The molecule has 0 aliphatic rings. The molecule has 8 nitrogen and oxygen atoms in total. The summed E-state index contributed by atoms with van der Waals surface area (Å²) in [6, 6.07) is 17.3. The molecule has 0 unspecified atom stereocenters. The van der Waals surface area contributed by atoms with Crippen molar-refractivity contribution >= 4 is 34.0 Å². The molecule has 0 atom stereocenters. The summed E-state index contributed by atoms with van der Waals surface area (Å²) in [7, 11) is 0. The lowest BCUT2D eigenvalue weighted by Crippen LogP contribution is -2.14. The van der Waals surface area contributed by atoms with Crippen LogP contribution in [-0.4, -0.2) is 30.4 Å². The first-order valence-electron chi connectivity index (χ1n) is 9.77. The summed E-state index contributed by atoms with van der Waals surface area (Å²) in [4.78, 5) is 28.2. The van der Waals surface area contributed by atoms with Crippen molar-refractivity contribution in [3.63, 3.8) is 0 Å². The molecule has 5 aromatic rings. The van der Waals surface area contributed by atoms with Crippen molar-refractivity contribution in [3.05, 3.63) is 91.4 Å². The van der Waals surface area contributed by atoms with E-state index in [0.29, 0.717) is 12.2 Å². The van der Waals surface area contributed by atoms with Gasteiger partial charge in [0.2, 0.25) is 5.91 Å². The fourth-order valence-corrected chi connectivity index (χ4v) is 3.39. The van der Waals surface area contributed by atoms with Crippen LogP contribution in [0.1, 0.15) is 5.56 Å². The Bertz CT molecular complexity index is 1320. The third-order valence-electron chi connectivity index (χ3n) is 4.89. The maximum absolute atomic E-state index is 12.5. The van der Waals surface area contributed by atoms with Gasteiger partial charge < -0.3 is 15.6 Å². The summed E-state index contributed by atoms with van der Waals surface area (Å²) in [6.45, 7) is 0. The van der Waals surface area contributed by atoms with Gasteiger partial charge in [0.25, 0.3) is 0 Å². The lowest BCUT2D eigenvalue weighted by atomic mass is 10.1. The standard InChI is InChI=1S/C23H19N7O/c31-23(11-16-13-25-20-4-2-1-3-19(16)20)29-18-7-5-17(6-8-18)28-21-12-22(27-14-26-21)30-10-9-24-15-30/h1-10,12-15,25H,11H2,(H,29,31)(H,26,27,28). The van der Waals surface area contributed by atoms with Gasteiger partial charge in [0.05, 0.1) is 6.42 Å². The van der Waals surface area contributed by atoms with Gasteiger partial charge in [-0.3, -0.25) is 9.36 Å². The highest BCUT2D eigenvalue weighted by molar-refractivity contribution is 5.95. The van der Waals surface area contributed by atoms with Crippen molar-refractivity contribution in [2.45, 2.75) is 6.42 Å². The van der Waals surface area contributed by atoms with Crippen LogP contribution in [0.5, 0.6) is 0 Å². The number of aromatic amines is 1. The quantitative estimate of drug-likeness (QED) is 0.393.